The third kappa shape index (κ3) is 2.49. The zero-order valence-corrected chi connectivity index (χ0v) is 11.4. The molecule has 0 saturated carbocycles. The normalized spacial score (nSPS) is 11.1. The molecule has 0 unspecified atom stereocenters. The highest BCUT2D eigenvalue weighted by Crippen LogP contribution is 2.27. The highest BCUT2D eigenvalue weighted by molar-refractivity contribution is 5.89. The second kappa shape index (κ2) is 5.61. The Morgan fingerprint density at radius 2 is 1.77 bits per heavy atom. The smallest absolute Gasteiger partial charge is 0.278 e. The molecule has 2 aliphatic rings. The molecule has 22 heavy (non-hydrogen) atoms. The van der Waals surface area contributed by atoms with Crippen LogP contribution in [-0.4, -0.2) is 16.1 Å². The van der Waals surface area contributed by atoms with Crippen LogP contribution in [0.2, 0.25) is 0 Å². The Morgan fingerprint density at radius 1 is 1.05 bits per heavy atom. The summed E-state index contributed by atoms with van der Waals surface area (Å²) in [5, 5.41) is 11.0. The number of nitro benzene ring substituents is 1. The number of para-hydroxylation sites is 1. The molecule has 1 aliphatic carbocycles. The fraction of sp³-hybridized carbons (Fsp3) is 0. The molecule has 1 heterocycles. The molecule has 6 heteroatoms. The molecular weight excluding hydrogens is 282 g/mol. The lowest BCUT2D eigenvalue weighted by atomic mass is 10.2. The summed E-state index contributed by atoms with van der Waals surface area (Å²) in [6, 6.07) is 15.3. The van der Waals surface area contributed by atoms with Crippen LogP contribution in [0, 0.1) is 10.1 Å². The highest BCUT2D eigenvalue weighted by Gasteiger charge is 2.14. The van der Waals surface area contributed by atoms with Gasteiger partial charge < -0.3 is 4.98 Å². The van der Waals surface area contributed by atoms with Crippen molar-refractivity contribution in [2.45, 2.75) is 0 Å². The minimum absolute atomic E-state index is 0.0518. The zero-order chi connectivity index (χ0) is 15.5. The van der Waals surface area contributed by atoms with Gasteiger partial charge in [-0.3, -0.25) is 14.9 Å². The van der Waals surface area contributed by atoms with Gasteiger partial charge in [-0.15, -0.1) is 0 Å². The number of nitrogens with zero attached hydrogens (tertiary/aromatic N) is 2. The predicted octanol–water partition coefficient (Wildman–Crippen LogP) is 3.14. The molecule has 1 aliphatic heterocycles. The van der Waals surface area contributed by atoms with Crippen molar-refractivity contribution < 1.29 is 4.92 Å². The molecule has 1 aromatic rings. The van der Waals surface area contributed by atoms with E-state index >= 15 is 0 Å². The first-order chi connectivity index (χ1) is 10.7. The fourth-order valence-electron chi connectivity index (χ4n) is 2.19. The van der Waals surface area contributed by atoms with Gasteiger partial charge in [0.1, 0.15) is 5.69 Å². The van der Waals surface area contributed by atoms with Gasteiger partial charge in [0, 0.05) is 17.8 Å². The molecular formula is C16H11N3O3. The van der Waals surface area contributed by atoms with E-state index in [1.807, 2.05) is 12.1 Å². The number of H-pyrrole nitrogens is 1. The first-order valence-corrected chi connectivity index (χ1v) is 6.55. The standard InChI is InChI=1S/C16H11N3O3/c20-16-15(12-7-2-1-3-8-13(12)18-16)17-10-11-6-4-5-9-14(11)19(21)22/h1-10H,(H,18,20). The van der Waals surface area contributed by atoms with Gasteiger partial charge in [-0.1, -0.05) is 36.4 Å². The van der Waals surface area contributed by atoms with E-state index in [1.165, 1.54) is 12.3 Å². The molecule has 0 bridgehead atoms. The van der Waals surface area contributed by atoms with Crippen LogP contribution in [-0.2, 0) is 0 Å². The van der Waals surface area contributed by atoms with Gasteiger partial charge in [0.15, 0.2) is 0 Å². The van der Waals surface area contributed by atoms with Crippen molar-refractivity contribution in [2.75, 3.05) is 0 Å². The van der Waals surface area contributed by atoms with Gasteiger partial charge in [-0.2, -0.15) is 0 Å². The summed E-state index contributed by atoms with van der Waals surface area (Å²) in [4.78, 5) is 29.4. The molecule has 1 N–H and O–H groups in total. The van der Waals surface area contributed by atoms with Crippen LogP contribution in [0.1, 0.15) is 5.56 Å². The maximum absolute atomic E-state index is 12.0. The van der Waals surface area contributed by atoms with Crippen molar-refractivity contribution in [1.29, 1.82) is 0 Å². The number of aliphatic imine (C=N–C) groups is 1. The zero-order valence-electron chi connectivity index (χ0n) is 11.4. The molecule has 6 nitrogen and oxygen atoms in total. The molecule has 0 saturated heterocycles. The number of rotatable bonds is 3. The van der Waals surface area contributed by atoms with E-state index in [4.69, 9.17) is 0 Å². The van der Waals surface area contributed by atoms with Crippen LogP contribution in [0.3, 0.4) is 0 Å². The lowest BCUT2D eigenvalue weighted by Crippen LogP contribution is -1.97. The SMILES string of the molecule is O=c1[nH]c2cccccc-2c1N=Cc1ccccc1[N+](=O)[O-]. The number of benzene rings is 1. The summed E-state index contributed by atoms with van der Waals surface area (Å²) in [6.45, 7) is 0. The molecule has 0 atom stereocenters. The first-order valence-electron chi connectivity index (χ1n) is 6.55. The van der Waals surface area contributed by atoms with Crippen molar-refractivity contribution in [2.24, 2.45) is 4.99 Å². The van der Waals surface area contributed by atoms with Crippen molar-refractivity contribution in [3.8, 4) is 11.3 Å². The van der Waals surface area contributed by atoms with Gasteiger partial charge in [0.2, 0.25) is 0 Å². The third-order valence-electron chi connectivity index (χ3n) is 3.22. The summed E-state index contributed by atoms with van der Waals surface area (Å²) < 4.78 is 0. The quantitative estimate of drug-likeness (QED) is 0.457. The van der Waals surface area contributed by atoms with E-state index in [0.29, 0.717) is 16.8 Å². The minimum Gasteiger partial charge on any atom is -0.320 e. The number of hydrogen-bond donors (Lipinski definition) is 1. The Balaban J connectivity index is 2.07. The Morgan fingerprint density at radius 3 is 2.59 bits per heavy atom. The second-order valence-corrected chi connectivity index (χ2v) is 4.61. The van der Waals surface area contributed by atoms with Crippen molar-refractivity contribution in [3.05, 3.63) is 80.6 Å². The molecule has 0 fully saturated rings. The Kier molecular flexibility index (Phi) is 3.49. The van der Waals surface area contributed by atoms with Crippen molar-refractivity contribution >= 4 is 17.6 Å². The summed E-state index contributed by atoms with van der Waals surface area (Å²) >= 11 is 0. The monoisotopic (exact) mass is 293 g/mol. The largest absolute Gasteiger partial charge is 0.320 e. The molecule has 1 aromatic carbocycles. The molecule has 0 radical (unpaired) electrons. The van der Waals surface area contributed by atoms with Crippen LogP contribution in [0.15, 0.2) is 64.4 Å². The van der Waals surface area contributed by atoms with E-state index in [2.05, 4.69) is 9.98 Å². The molecule has 0 spiro atoms. The number of aromatic amines is 1. The van der Waals surface area contributed by atoms with Gasteiger partial charge in [0.25, 0.3) is 11.2 Å². The minimum atomic E-state index is -0.477. The van der Waals surface area contributed by atoms with E-state index in [-0.39, 0.29) is 16.9 Å². The number of fused-ring (bicyclic) bond motifs is 1. The highest BCUT2D eigenvalue weighted by atomic mass is 16.6. The lowest BCUT2D eigenvalue weighted by molar-refractivity contribution is -0.385. The summed E-state index contributed by atoms with van der Waals surface area (Å²) in [5.74, 6) is 0. The molecule has 3 rings (SSSR count). The Bertz CT molecular complexity index is 899. The molecule has 0 amide bonds. The van der Waals surface area contributed by atoms with Gasteiger partial charge in [0.05, 0.1) is 16.2 Å². The second-order valence-electron chi connectivity index (χ2n) is 4.61. The van der Waals surface area contributed by atoms with Crippen LogP contribution >= 0.6 is 0 Å². The number of aromatic nitrogens is 1. The topological polar surface area (TPSA) is 88.4 Å². The fourth-order valence-corrected chi connectivity index (χ4v) is 2.19. The maximum atomic E-state index is 12.0. The average Bonchev–Trinajstić information content (AvgIpc) is 2.67. The molecule has 108 valence electrons. The van der Waals surface area contributed by atoms with E-state index < -0.39 is 4.92 Å². The van der Waals surface area contributed by atoms with Gasteiger partial charge >= 0.3 is 0 Å². The third-order valence-corrected chi connectivity index (χ3v) is 3.22. The number of nitrogens with one attached hydrogen (secondary N) is 1. The summed E-state index contributed by atoms with van der Waals surface area (Å²) in [6.07, 6.45) is 1.34. The van der Waals surface area contributed by atoms with Crippen LogP contribution in [0.5, 0.6) is 0 Å². The van der Waals surface area contributed by atoms with Gasteiger partial charge in [-0.25, -0.2) is 4.99 Å². The van der Waals surface area contributed by atoms with Gasteiger partial charge in [-0.05, 0) is 12.1 Å². The predicted molar refractivity (Wildman–Crippen MR) is 84.0 cm³/mol. The number of hydrogen-bond acceptors (Lipinski definition) is 4. The first kappa shape index (κ1) is 13.7. The Labute approximate surface area is 125 Å². The average molecular weight is 293 g/mol. The summed E-state index contributed by atoms with van der Waals surface area (Å²) in [5.41, 5.74) is 1.56. The van der Waals surface area contributed by atoms with Crippen LogP contribution < -0.4 is 5.56 Å². The van der Waals surface area contributed by atoms with E-state index in [1.54, 1.807) is 36.4 Å². The molecule has 0 aromatic heterocycles. The van der Waals surface area contributed by atoms with Crippen LogP contribution in [0.25, 0.3) is 11.3 Å². The number of nitro groups is 1. The maximum Gasteiger partial charge on any atom is 0.278 e. The van der Waals surface area contributed by atoms with Crippen molar-refractivity contribution in [1.82, 2.24) is 4.98 Å². The Hall–Kier alpha value is -3.28. The lowest BCUT2D eigenvalue weighted by Gasteiger charge is -1.96. The van der Waals surface area contributed by atoms with E-state index in [0.717, 1.165) is 0 Å². The van der Waals surface area contributed by atoms with E-state index in [9.17, 15) is 14.9 Å². The van der Waals surface area contributed by atoms with Crippen molar-refractivity contribution in [3.63, 3.8) is 0 Å². The van der Waals surface area contributed by atoms with Crippen LogP contribution in [0.4, 0.5) is 11.4 Å². The summed E-state index contributed by atoms with van der Waals surface area (Å²) in [7, 11) is 0.